The lowest BCUT2D eigenvalue weighted by Crippen LogP contribution is -2.41. The summed E-state index contributed by atoms with van der Waals surface area (Å²) >= 11 is 1.47. The van der Waals surface area contributed by atoms with Crippen molar-refractivity contribution in [3.05, 3.63) is 52.2 Å². The maximum atomic E-state index is 12.7. The van der Waals surface area contributed by atoms with Crippen molar-refractivity contribution in [2.24, 2.45) is 11.7 Å². The molecule has 3 N–H and O–H groups in total. The Morgan fingerprint density at radius 2 is 1.93 bits per heavy atom. The first-order chi connectivity index (χ1) is 12.9. The third-order valence-electron chi connectivity index (χ3n) is 4.59. The molecule has 2 aromatic rings. The van der Waals surface area contributed by atoms with Crippen LogP contribution in [0.25, 0.3) is 0 Å². The highest BCUT2D eigenvalue weighted by atomic mass is 32.2. The molecule has 9 heteroatoms. The molecule has 3 rings (SSSR count). The van der Waals surface area contributed by atoms with Crippen molar-refractivity contribution in [1.29, 1.82) is 0 Å². The first kappa shape index (κ1) is 19.5. The lowest BCUT2D eigenvalue weighted by atomic mass is 9.96. The number of carbonyl (C=O) groups is 2. The first-order valence-corrected chi connectivity index (χ1v) is 10.9. The van der Waals surface area contributed by atoms with E-state index in [0.29, 0.717) is 31.5 Å². The van der Waals surface area contributed by atoms with Gasteiger partial charge < -0.3 is 10.6 Å². The Balaban J connectivity index is 1.69. The number of benzene rings is 1. The van der Waals surface area contributed by atoms with Crippen molar-refractivity contribution >= 4 is 33.2 Å². The van der Waals surface area contributed by atoms with E-state index >= 15 is 0 Å². The number of nitrogens with two attached hydrogens (primary N) is 1. The molecule has 1 aliphatic heterocycles. The second-order valence-electron chi connectivity index (χ2n) is 6.40. The predicted octanol–water partition coefficient (Wildman–Crippen LogP) is 1.56. The highest BCUT2D eigenvalue weighted by molar-refractivity contribution is 7.89. The molecule has 1 aliphatic rings. The Morgan fingerprint density at radius 3 is 2.56 bits per heavy atom. The molecule has 0 bridgehead atoms. The van der Waals surface area contributed by atoms with Gasteiger partial charge >= 0.3 is 0 Å². The van der Waals surface area contributed by atoms with Gasteiger partial charge in [-0.1, -0.05) is 12.1 Å². The maximum Gasteiger partial charge on any atom is 0.253 e. The number of sulfonamides is 1. The number of rotatable bonds is 6. The molecule has 0 unspecified atom stereocenters. The zero-order valence-corrected chi connectivity index (χ0v) is 16.3. The summed E-state index contributed by atoms with van der Waals surface area (Å²) in [6.45, 7) is 1.07. The third-order valence-corrected chi connectivity index (χ3v) is 6.87. The van der Waals surface area contributed by atoms with E-state index in [1.165, 1.54) is 23.5 Å². The fourth-order valence-electron chi connectivity index (χ4n) is 3.01. The average Bonchev–Trinajstić information content (AvgIpc) is 3.20. The van der Waals surface area contributed by atoms with E-state index < -0.39 is 10.0 Å². The van der Waals surface area contributed by atoms with Crippen LogP contribution in [-0.4, -0.2) is 38.2 Å². The number of carbonyl (C=O) groups excluding carboxylic acids is 2. The highest BCUT2D eigenvalue weighted by Crippen LogP contribution is 2.20. The molecule has 7 nitrogen and oxygen atoms in total. The van der Waals surface area contributed by atoms with Gasteiger partial charge in [-0.05, 0) is 42.5 Å². The lowest BCUT2D eigenvalue weighted by Gasteiger charge is -2.30. The summed E-state index contributed by atoms with van der Waals surface area (Å²) in [5, 5.41) is 1.88. The van der Waals surface area contributed by atoms with Gasteiger partial charge in [0.2, 0.25) is 15.9 Å². The molecular formula is C18H21N3O4S2. The van der Waals surface area contributed by atoms with Crippen molar-refractivity contribution in [3.8, 4) is 0 Å². The van der Waals surface area contributed by atoms with E-state index in [9.17, 15) is 18.0 Å². The van der Waals surface area contributed by atoms with Gasteiger partial charge in [-0.2, -0.15) is 0 Å². The molecule has 0 spiro atoms. The second kappa shape index (κ2) is 8.20. The molecule has 1 fully saturated rings. The van der Waals surface area contributed by atoms with E-state index in [1.807, 2.05) is 17.5 Å². The molecule has 0 radical (unpaired) electrons. The van der Waals surface area contributed by atoms with E-state index in [1.54, 1.807) is 17.0 Å². The largest absolute Gasteiger partial charge is 0.369 e. The fraction of sp³-hybridized carbons (Fsp3) is 0.333. The molecule has 1 aromatic heterocycles. The van der Waals surface area contributed by atoms with Crippen LogP contribution in [0.5, 0.6) is 0 Å². The predicted molar refractivity (Wildman–Crippen MR) is 103 cm³/mol. The topological polar surface area (TPSA) is 110 Å². The third kappa shape index (κ3) is 4.74. The van der Waals surface area contributed by atoms with Crippen LogP contribution < -0.4 is 10.5 Å². The molecule has 1 saturated heterocycles. The number of piperidine rings is 1. The van der Waals surface area contributed by atoms with E-state index in [2.05, 4.69) is 4.72 Å². The monoisotopic (exact) mass is 407 g/mol. The van der Waals surface area contributed by atoms with Gasteiger partial charge in [-0.25, -0.2) is 13.1 Å². The van der Waals surface area contributed by atoms with Gasteiger partial charge in [-0.3, -0.25) is 9.59 Å². The number of nitrogens with one attached hydrogen (secondary N) is 1. The Morgan fingerprint density at radius 1 is 1.19 bits per heavy atom. The van der Waals surface area contributed by atoms with Crippen molar-refractivity contribution < 1.29 is 18.0 Å². The SMILES string of the molecule is NC(=O)C1CCN(C(=O)c2cccc(S(=O)(=O)NCc3cccs3)c2)CC1. The van der Waals surface area contributed by atoms with Crippen LogP contribution in [0.15, 0.2) is 46.7 Å². The van der Waals surface area contributed by atoms with Crippen LogP contribution in [0.1, 0.15) is 28.1 Å². The Bertz CT molecular complexity index is 918. The average molecular weight is 408 g/mol. The van der Waals surface area contributed by atoms with E-state index in [-0.39, 0.29) is 29.2 Å². The van der Waals surface area contributed by atoms with E-state index in [4.69, 9.17) is 5.73 Å². The molecule has 0 aliphatic carbocycles. The van der Waals surface area contributed by atoms with Crippen LogP contribution in [0.3, 0.4) is 0 Å². The minimum absolute atomic E-state index is 0.0527. The lowest BCUT2D eigenvalue weighted by molar-refractivity contribution is -0.123. The zero-order valence-electron chi connectivity index (χ0n) is 14.6. The number of thiophene rings is 1. The summed E-state index contributed by atoms with van der Waals surface area (Å²) in [6, 6.07) is 9.72. The molecule has 0 saturated carbocycles. The van der Waals surface area contributed by atoms with Gasteiger partial charge in [0.05, 0.1) is 4.90 Å². The molecule has 27 heavy (non-hydrogen) atoms. The van der Waals surface area contributed by atoms with Crippen molar-refractivity contribution in [2.75, 3.05) is 13.1 Å². The summed E-state index contributed by atoms with van der Waals surface area (Å²) in [6.07, 6.45) is 1.06. The Hall–Kier alpha value is -2.23. The molecule has 2 heterocycles. The van der Waals surface area contributed by atoms with Gasteiger partial charge in [0, 0.05) is 36.0 Å². The Kier molecular flexibility index (Phi) is 5.93. The highest BCUT2D eigenvalue weighted by Gasteiger charge is 2.27. The summed E-state index contributed by atoms with van der Waals surface area (Å²) in [4.78, 5) is 26.5. The smallest absolute Gasteiger partial charge is 0.253 e. The number of primary amides is 1. The Labute approximate surface area is 162 Å². The minimum atomic E-state index is -3.72. The minimum Gasteiger partial charge on any atom is -0.369 e. The normalized spacial score (nSPS) is 15.6. The number of hydrogen-bond donors (Lipinski definition) is 2. The molecule has 2 amide bonds. The van der Waals surface area contributed by atoms with Gasteiger partial charge in [0.25, 0.3) is 5.91 Å². The van der Waals surface area contributed by atoms with Crippen LogP contribution in [-0.2, 0) is 21.4 Å². The summed E-state index contributed by atoms with van der Waals surface area (Å²) in [5.74, 6) is -0.789. The van der Waals surface area contributed by atoms with Crippen LogP contribution >= 0.6 is 11.3 Å². The molecule has 0 atom stereocenters. The summed E-state index contributed by atoms with van der Waals surface area (Å²) in [7, 11) is -3.72. The molecule has 144 valence electrons. The van der Waals surface area contributed by atoms with Crippen LogP contribution in [0.2, 0.25) is 0 Å². The maximum absolute atomic E-state index is 12.7. The van der Waals surface area contributed by atoms with Gasteiger partial charge in [-0.15, -0.1) is 11.3 Å². The van der Waals surface area contributed by atoms with Crippen molar-refractivity contribution in [3.63, 3.8) is 0 Å². The second-order valence-corrected chi connectivity index (χ2v) is 9.20. The van der Waals surface area contributed by atoms with Gasteiger partial charge in [0.15, 0.2) is 0 Å². The molecular weight excluding hydrogens is 386 g/mol. The van der Waals surface area contributed by atoms with Crippen LogP contribution in [0.4, 0.5) is 0 Å². The van der Waals surface area contributed by atoms with Crippen molar-refractivity contribution in [1.82, 2.24) is 9.62 Å². The molecule has 1 aromatic carbocycles. The van der Waals surface area contributed by atoms with Crippen molar-refractivity contribution in [2.45, 2.75) is 24.3 Å². The van der Waals surface area contributed by atoms with Crippen LogP contribution in [0, 0.1) is 5.92 Å². The summed E-state index contributed by atoms with van der Waals surface area (Å²) < 4.78 is 27.6. The number of likely N-dealkylation sites (tertiary alicyclic amines) is 1. The number of amides is 2. The van der Waals surface area contributed by atoms with E-state index in [0.717, 1.165) is 4.88 Å². The number of nitrogens with zero attached hydrogens (tertiary/aromatic N) is 1. The summed E-state index contributed by atoms with van der Waals surface area (Å²) in [5.41, 5.74) is 5.63. The first-order valence-electron chi connectivity index (χ1n) is 8.57. The number of hydrogen-bond acceptors (Lipinski definition) is 5. The standard InChI is InChI=1S/C18H21N3O4S2/c19-17(22)13-6-8-21(9-7-13)18(23)14-3-1-5-16(11-14)27(24,25)20-12-15-4-2-10-26-15/h1-5,10-11,13,20H,6-9,12H2,(H2,19,22). The fourth-order valence-corrected chi connectivity index (χ4v) is 4.80. The zero-order chi connectivity index (χ0) is 19.4. The van der Waals surface area contributed by atoms with Gasteiger partial charge in [0.1, 0.15) is 0 Å². The quantitative estimate of drug-likeness (QED) is 0.757.